The van der Waals surface area contributed by atoms with Gasteiger partial charge in [-0.05, 0) is 36.6 Å². The molecular formula is C21H21FN4O. The second kappa shape index (κ2) is 8.40. The zero-order chi connectivity index (χ0) is 19.2. The highest BCUT2D eigenvalue weighted by molar-refractivity contribution is 6.03. The number of hydrogen-bond acceptors (Lipinski definition) is 4. The number of halogens is 1. The fourth-order valence-corrected chi connectivity index (χ4v) is 2.77. The predicted octanol–water partition coefficient (Wildman–Crippen LogP) is 4.35. The lowest BCUT2D eigenvalue weighted by Crippen LogP contribution is -2.17. The minimum Gasteiger partial charge on any atom is -0.350 e. The van der Waals surface area contributed by atoms with E-state index >= 15 is 0 Å². The van der Waals surface area contributed by atoms with Crippen LogP contribution in [0.1, 0.15) is 34.1 Å². The second-order valence-corrected chi connectivity index (χ2v) is 6.13. The molecule has 0 spiro atoms. The maximum Gasteiger partial charge on any atom is 0.274 e. The number of para-hydroxylation sites is 1. The van der Waals surface area contributed by atoms with E-state index < -0.39 is 0 Å². The number of carbonyl (C=O) groups excluding carboxylic acids is 1. The van der Waals surface area contributed by atoms with E-state index in [-0.39, 0.29) is 29.9 Å². The van der Waals surface area contributed by atoms with Crippen molar-refractivity contribution in [3.8, 4) is 0 Å². The number of amides is 1. The molecule has 0 fully saturated rings. The Hall–Kier alpha value is -3.28. The molecule has 27 heavy (non-hydrogen) atoms. The fraction of sp³-hybridized carbons (Fsp3) is 0.190. The van der Waals surface area contributed by atoms with E-state index in [1.165, 1.54) is 12.3 Å². The van der Waals surface area contributed by atoms with E-state index in [1.807, 2.05) is 32.0 Å². The summed E-state index contributed by atoms with van der Waals surface area (Å²) in [5, 5.41) is 5.89. The summed E-state index contributed by atoms with van der Waals surface area (Å²) in [4.78, 5) is 21.0. The van der Waals surface area contributed by atoms with Gasteiger partial charge in [-0.1, -0.05) is 43.3 Å². The molecule has 0 radical (unpaired) electrons. The lowest BCUT2D eigenvalue weighted by Gasteiger charge is -2.13. The number of benzene rings is 2. The van der Waals surface area contributed by atoms with Gasteiger partial charge in [-0.3, -0.25) is 4.79 Å². The second-order valence-electron chi connectivity index (χ2n) is 6.13. The first-order valence-electron chi connectivity index (χ1n) is 8.78. The van der Waals surface area contributed by atoms with Crippen molar-refractivity contribution < 1.29 is 9.18 Å². The van der Waals surface area contributed by atoms with Gasteiger partial charge in [0.2, 0.25) is 5.95 Å². The van der Waals surface area contributed by atoms with E-state index in [0.29, 0.717) is 5.56 Å². The normalized spacial score (nSPS) is 10.5. The Balaban J connectivity index is 1.73. The third-order valence-corrected chi connectivity index (χ3v) is 4.26. The number of nitrogens with one attached hydrogen (secondary N) is 2. The Bertz CT molecular complexity index is 958. The van der Waals surface area contributed by atoms with Crippen LogP contribution in [0.4, 0.5) is 16.0 Å². The van der Waals surface area contributed by atoms with Gasteiger partial charge in [-0.25, -0.2) is 14.4 Å². The standard InChI is InChI=1S/C21H21FN4O/c1-3-15-9-6-7-14(2)19(15)26-20(27)18-11-12-23-21(25-18)24-13-16-8-4-5-10-17(16)22/h4-12H,3,13H2,1-2H3,(H,26,27)(H,23,24,25). The summed E-state index contributed by atoms with van der Waals surface area (Å²) in [5.41, 5.74) is 3.62. The summed E-state index contributed by atoms with van der Waals surface area (Å²) in [6.07, 6.45) is 2.32. The molecule has 1 aromatic heterocycles. The highest BCUT2D eigenvalue weighted by Crippen LogP contribution is 2.21. The van der Waals surface area contributed by atoms with Crippen molar-refractivity contribution in [2.45, 2.75) is 26.8 Å². The van der Waals surface area contributed by atoms with Crippen LogP contribution in [0.15, 0.2) is 54.7 Å². The van der Waals surface area contributed by atoms with Crippen molar-refractivity contribution in [3.63, 3.8) is 0 Å². The molecule has 138 valence electrons. The maximum atomic E-state index is 13.7. The van der Waals surface area contributed by atoms with E-state index in [9.17, 15) is 9.18 Å². The molecule has 2 aromatic carbocycles. The van der Waals surface area contributed by atoms with Gasteiger partial charge in [0.05, 0.1) is 0 Å². The van der Waals surface area contributed by atoms with E-state index in [1.54, 1.807) is 24.3 Å². The van der Waals surface area contributed by atoms with Crippen LogP contribution >= 0.6 is 0 Å². The number of carbonyl (C=O) groups is 1. The molecule has 0 aliphatic carbocycles. The predicted molar refractivity (Wildman–Crippen MR) is 104 cm³/mol. The molecule has 2 N–H and O–H groups in total. The van der Waals surface area contributed by atoms with Crippen LogP contribution < -0.4 is 10.6 Å². The molecule has 0 saturated carbocycles. The van der Waals surface area contributed by atoms with Gasteiger partial charge in [0.25, 0.3) is 5.91 Å². The minimum absolute atomic E-state index is 0.232. The summed E-state index contributed by atoms with van der Waals surface area (Å²) in [6.45, 7) is 4.23. The lowest BCUT2D eigenvalue weighted by molar-refractivity contribution is 0.102. The number of hydrogen-bond donors (Lipinski definition) is 2. The van der Waals surface area contributed by atoms with Crippen LogP contribution in [0.3, 0.4) is 0 Å². The van der Waals surface area contributed by atoms with Gasteiger partial charge in [0, 0.05) is 24.0 Å². The first kappa shape index (κ1) is 18.5. The van der Waals surface area contributed by atoms with E-state index in [2.05, 4.69) is 20.6 Å². The Morgan fingerprint density at radius 1 is 1.07 bits per heavy atom. The number of nitrogens with zero attached hydrogens (tertiary/aromatic N) is 2. The zero-order valence-electron chi connectivity index (χ0n) is 15.3. The number of anilines is 2. The number of rotatable bonds is 6. The maximum absolute atomic E-state index is 13.7. The Labute approximate surface area is 157 Å². The monoisotopic (exact) mass is 364 g/mol. The van der Waals surface area contributed by atoms with Crippen LogP contribution in [-0.4, -0.2) is 15.9 Å². The van der Waals surface area contributed by atoms with Crippen LogP contribution in [0, 0.1) is 12.7 Å². The topological polar surface area (TPSA) is 66.9 Å². The van der Waals surface area contributed by atoms with Crippen molar-refractivity contribution in [1.29, 1.82) is 0 Å². The quantitative estimate of drug-likeness (QED) is 0.682. The van der Waals surface area contributed by atoms with Gasteiger partial charge < -0.3 is 10.6 Å². The van der Waals surface area contributed by atoms with Crippen LogP contribution in [0.5, 0.6) is 0 Å². The first-order chi connectivity index (χ1) is 13.1. The number of aryl methyl sites for hydroxylation is 2. The van der Waals surface area contributed by atoms with Crippen LogP contribution in [-0.2, 0) is 13.0 Å². The van der Waals surface area contributed by atoms with Gasteiger partial charge >= 0.3 is 0 Å². The molecule has 0 saturated heterocycles. The summed E-state index contributed by atoms with van der Waals surface area (Å²) < 4.78 is 13.7. The molecule has 3 aromatic rings. The third kappa shape index (κ3) is 4.47. The van der Waals surface area contributed by atoms with Crippen molar-refractivity contribution in [2.75, 3.05) is 10.6 Å². The molecule has 0 aliphatic heterocycles. The molecular weight excluding hydrogens is 343 g/mol. The largest absolute Gasteiger partial charge is 0.350 e. The smallest absolute Gasteiger partial charge is 0.274 e. The Kier molecular flexibility index (Phi) is 5.76. The highest BCUT2D eigenvalue weighted by atomic mass is 19.1. The molecule has 0 atom stereocenters. The summed E-state index contributed by atoms with van der Waals surface area (Å²) in [6, 6.07) is 13.9. The zero-order valence-corrected chi connectivity index (χ0v) is 15.3. The van der Waals surface area contributed by atoms with Crippen LogP contribution in [0.25, 0.3) is 0 Å². The SMILES string of the molecule is CCc1cccc(C)c1NC(=O)c1ccnc(NCc2ccccc2F)n1. The summed E-state index contributed by atoms with van der Waals surface area (Å²) >= 11 is 0. The average molecular weight is 364 g/mol. The third-order valence-electron chi connectivity index (χ3n) is 4.26. The summed E-state index contributed by atoms with van der Waals surface area (Å²) in [7, 11) is 0. The van der Waals surface area contributed by atoms with Gasteiger partial charge in [-0.2, -0.15) is 0 Å². The molecule has 0 bridgehead atoms. The average Bonchev–Trinajstić information content (AvgIpc) is 2.69. The Morgan fingerprint density at radius 2 is 1.85 bits per heavy atom. The van der Waals surface area contributed by atoms with Crippen LogP contribution in [0.2, 0.25) is 0 Å². The highest BCUT2D eigenvalue weighted by Gasteiger charge is 2.13. The van der Waals surface area contributed by atoms with Crippen molar-refractivity contribution in [3.05, 3.63) is 82.9 Å². The molecule has 0 aliphatic rings. The van der Waals surface area contributed by atoms with Crippen molar-refractivity contribution in [1.82, 2.24) is 9.97 Å². The first-order valence-corrected chi connectivity index (χ1v) is 8.78. The number of aromatic nitrogens is 2. The molecule has 6 heteroatoms. The van der Waals surface area contributed by atoms with Crippen molar-refractivity contribution in [2.24, 2.45) is 0 Å². The van der Waals surface area contributed by atoms with Gasteiger partial charge in [0.15, 0.2) is 0 Å². The molecule has 0 unspecified atom stereocenters. The molecule has 1 heterocycles. The fourth-order valence-electron chi connectivity index (χ4n) is 2.77. The Morgan fingerprint density at radius 3 is 2.63 bits per heavy atom. The molecule has 1 amide bonds. The molecule has 5 nitrogen and oxygen atoms in total. The van der Waals surface area contributed by atoms with Crippen molar-refractivity contribution >= 4 is 17.5 Å². The summed E-state index contributed by atoms with van der Waals surface area (Å²) in [5.74, 6) is -0.340. The van der Waals surface area contributed by atoms with E-state index in [4.69, 9.17) is 0 Å². The lowest BCUT2D eigenvalue weighted by atomic mass is 10.1. The molecule has 3 rings (SSSR count). The van der Waals surface area contributed by atoms with Gasteiger partial charge in [0.1, 0.15) is 11.5 Å². The van der Waals surface area contributed by atoms with E-state index in [0.717, 1.165) is 23.2 Å². The minimum atomic E-state index is -0.310. The van der Waals surface area contributed by atoms with Gasteiger partial charge in [-0.15, -0.1) is 0 Å².